The molecule has 1 aromatic carbocycles. The highest BCUT2D eigenvalue weighted by Crippen LogP contribution is 2.18. The van der Waals surface area contributed by atoms with Gasteiger partial charge in [-0.3, -0.25) is 4.79 Å². The van der Waals surface area contributed by atoms with Gasteiger partial charge < -0.3 is 4.74 Å². The van der Waals surface area contributed by atoms with Gasteiger partial charge in [0, 0.05) is 6.42 Å². The Bertz CT molecular complexity index is 319. The highest BCUT2D eigenvalue weighted by Gasteiger charge is 2.22. The van der Waals surface area contributed by atoms with E-state index in [0.717, 1.165) is 24.8 Å². The lowest BCUT2D eigenvalue weighted by Gasteiger charge is -2.20. The maximum Gasteiger partial charge on any atom is 0.161 e. The monoisotopic (exact) mass is 204 g/mol. The number of rotatable bonds is 3. The third-order valence-electron chi connectivity index (χ3n) is 2.79. The summed E-state index contributed by atoms with van der Waals surface area (Å²) >= 11 is 0. The van der Waals surface area contributed by atoms with Gasteiger partial charge in [0.2, 0.25) is 0 Å². The topological polar surface area (TPSA) is 26.3 Å². The molecular formula is C13H16O2. The van der Waals surface area contributed by atoms with Crippen LogP contribution in [0, 0.1) is 0 Å². The summed E-state index contributed by atoms with van der Waals surface area (Å²) < 4.78 is 5.63. The molecule has 0 N–H and O–H groups in total. The molecule has 1 saturated carbocycles. The molecule has 0 bridgehead atoms. The minimum absolute atomic E-state index is 0.154. The largest absolute Gasteiger partial charge is 0.366 e. The summed E-state index contributed by atoms with van der Waals surface area (Å²) in [6.07, 6.45) is 3.58. The fourth-order valence-electron chi connectivity index (χ4n) is 1.90. The van der Waals surface area contributed by atoms with E-state index >= 15 is 0 Å². The van der Waals surface area contributed by atoms with Crippen molar-refractivity contribution in [1.82, 2.24) is 0 Å². The summed E-state index contributed by atoms with van der Waals surface area (Å²) in [5, 5.41) is 0. The second-order valence-corrected chi connectivity index (χ2v) is 4.00. The van der Waals surface area contributed by atoms with E-state index < -0.39 is 0 Å². The Kier molecular flexibility index (Phi) is 3.51. The molecule has 0 heterocycles. The summed E-state index contributed by atoms with van der Waals surface area (Å²) in [4.78, 5) is 11.5. The smallest absolute Gasteiger partial charge is 0.161 e. The van der Waals surface area contributed by atoms with E-state index in [1.54, 1.807) is 0 Å². The summed E-state index contributed by atoms with van der Waals surface area (Å²) in [6, 6.07) is 10.00. The first-order chi connectivity index (χ1) is 7.36. The molecule has 2 nitrogen and oxygen atoms in total. The first-order valence-corrected chi connectivity index (χ1v) is 5.54. The fourth-order valence-corrected chi connectivity index (χ4v) is 1.90. The van der Waals surface area contributed by atoms with Gasteiger partial charge in [-0.25, -0.2) is 0 Å². The Morgan fingerprint density at radius 3 is 2.73 bits per heavy atom. The van der Waals surface area contributed by atoms with Gasteiger partial charge in [0.05, 0.1) is 6.61 Å². The first-order valence-electron chi connectivity index (χ1n) is 5.54. The lowest BCUT2D eigenvalue weighted by Crippen LogP contribution is -2.27. The molecule has 0 radical (unpaired) electrons. The van der Waals surface area contributed by atoms with Crippen LogP contribution in [-0.4, -0.2) is 11.9 Å². The lowest BCUT2D eigenvalue weighted by atomic mass is 9.96. The zero-order valence-corrected chi connectivity index (χ0v) is 8.82. The van der Waals surface area contributed by atoms with Crippen LogP contribution in [0.3, 0.4) is 0 Å². The fraction of sp³-hybridized carbons (Fsp3) is 0.462. The maximum absolute atomic E-state index is 11.5. The molecule has 1 atom stereocenters. The normalized spacial score (nSPS) is 21.6. The van der Waals surface area contributed by atoms with E-state index in [-0.39, 0.29) is 11.9 Å². The maximum atomic E-state index is 11.5. The number of hydrogen-bond donors (Lipinski definition) is 0. The van der Waals surface area contributed by atoms with Crippen LogP contribution in [0.15, 0.2) is 30.3 Å². The number of ketones is 1. The molecule has 1 aromatic rings. The van der Waals surface area contributed by atoms with Crippen LogP contribution in [0.5, 0.6) is 0 Å². The van der Waals surface area contributed by atoms with Gasteiger partial charge in [-0.15, -0.1) is 0 Å². The number of ether oxygens (including phenoxy) is 1. The highest BCUT2D eigenvalue weighted by molar-refractivity contribution is 5.83. The van der Waals surface area contributed by atoms with Crippen LogP contribution < -0.4 is 0 Å². The molecule has 2 heteroatoms. The molecule has 0 amide bonds. The highest BCUT2D eigenvalue weighted by atomic mass is 16.5. The Balaban J connectivity index is 1.85. The molecule has 1 aliphatic rings. The molecule has 0 aromatic heterocycles. The summed E-state index contributed by atoms with van der Waals surface area (Å²) in [6.45, 7) is 0.553. The van der Waals surface area contributed by atoms with Crippen molar-refractivity contribution >= 4 is 5.78 Å². The van der Waals surface area contributed by atoms with E-state index in [1.165, 1.54) is 0 Å². The van der Waals surface area contributed by atoms with E-state index in [9.17, 15) is 4.79 Å². The van der Waals surface area contributed by atoms with E-state index in [0.29, 0.717) is 13.0 Å². The van der Waals surface area contributed by atoms with Crippen molar-refractivity contribution in [2.45, 2.75) is 38.4 Å². The van der Waals surface area contributed by atoms with Gasteiger partial charge in [-0.2, -0.15) is 0 Å². The summed E-state index contributed by atoms with van der Waals surface area (Å²) in [5.74, 6) is 0.275. The third kappa shape index (κ3) is 2.90. The van der Waals surface area contributed by atoms with E-state index in [2.05, 4.69) is 0 Å². The minimum Gasteiger partial charge on any atom is -0.366 e. The number of benzene rings is 1. The van der Waals surface area contributed by atoms with Gasteiger partial charge in [0.25, 0.3) is 0 Å². The zero-order valence-electron chi connectivity index (χ0n) is 8.82. The van der Waals surface area contributed by atoms with Crippen molar-refractivity contribution in [2.24, 2.45) is 0 Å². The second-order valence-electron chi connectivity index (χ2n) is 4.00. The molecule has 0 saturated heterocycles. The van der Waals surface area contributed by atoms with Crippen molar-refractivity contribution < 1.29 is 9.53 Å². The predicted molar refractivity (Wildman–Crippen MR) is 58.5 cm³/mol. The molecule has 2 rings (SSSR count). The molecule has 1 fully saturated rings. The quantitative estimate of drug-likeness (QED) is 0.756. The Labute approximate surface area is 90.3 Å². The molecular weight excluding hydrogens is 188 g/mol. The van der Waals surface area contributed by atoms with Crippen LogP contribution >= 0.6 is 0 Å². The Morgan fingerprint density at radius 2 is 2.00 bits per heavy atom. The first kappa shape index (κ1) is 10.4. The Hall–Kier alpha value is -1.15. The van der Waals surface area contributed by atoms with Gasteiger partial charge in [0.15, 0.2) is 5.78 Å². The van der Waals surface area contributed by atoms with Crippen LogP contribution in [0.4, 0.5) is 0 Å². The van der Waals surface area contributed by atoms with Gasteiger partial charge >= 0.3 is 0 Å². The van der Waals surface area contributed by atoms with Crippen molar-refractivity contribution in [1.29, 1.82) is 0 Å². The summed E-state index contributed by atoms with van der Waals surface area (Å²) in [5.41, 5.74) is 1.14. The van der Waals surface area contributed by atoms with Crippen molar-refractivity contribution in [3.05, 3.63) is 35.9 Å². The average molecular weight is 204 g/mol. The molecule has 80 valence electrons. The van der Waals surface area contributed by atoms with Crippen LogP contribution in [0.25, 0.3) is 0 Å². The average Bonchev–Trinajstić information content (AvgIpc) is 2.29. The van der Waals surface area contributed by atoms with Gasteiger partial charge in [-0.1, -0.05) is 30.3 Å². The molecule has 15 heavy (non-hydrogen) atoms. The van der Waals surface area contributed by atoms with Crippen molar-refractivity contribution in [3.8, 4) is 0 Å². The summed E-state index contributed by atoms with van der Waals surface area (Å²) in [7, 11) is 0. The standard InChI is InChI=1S/C13H16O2/c14-12-8-4-5-9-13(12)15-10-11-6-2-1-3-7-11/h1-3,6-7,13H,4-5,8-10H2. The van der Waals surface area contributed by atoms with Crippen LogP contribution in [0.2, 0.25) is 0 Å². The molecule has 1 unspecified atom stereocenters. The predicted octanol–water partition coefficient (Wildman–Crippen LogP) is 2.71. The number of Topliss-reactive ketones (excluding diaryl/α,β-unsaturated/α-hetero) is 1. The Morgan fingerprint density at radius 1 is 1.20 bits per heavy atom. The molecule has 0 aliphatic heterocycles. The van der Waals surface area contributed by atoms with Crippen LogP contribution in [-0.2, 0) is 16.1 Å². The zero-order chi connectivity index (χ0) is 10.5. The number of carbonyl (C=O) groups excluding carboxylic acids is 1. The third-order valence-corrected chi connectivity index (χ3v) is 2.79. The van der Waals surface area contributed by atoms with Crippen LogP contribution in [0.1, 0.15) is 31.2 Å². The minimum atomic E-state index is -0.154. The van der Waals surface area contributed by atoms with Gasteiger partial charge in [-0.05, 0) is 24.8 Å². The molecule has 0 spiro atoms. The van der Waals surface area contributed by atoms with Crippen molar-refractivity contribution in [3.63, 3.8) is 0 Å². The lowest BCUT2D eigenvalue weighted by molar-refractivity contribution is -0.134. The second kappa shape index (κ2) is 5.08. The van der Waals surface area contributed by atoms with E-state index in [4.69, 9.17) is 4.74 Å². The van der Waals surface area contributed by atoms with Crippen molar-refractivity contribution in [2.75, 3.05) is 0 Å². The molecule has 1 aliphatic carbocycles. The SMILES string of the molecule is O=C1CCCCC1OCc1ccccc1. The number of carbonyl (C=O) groups is 1. The number of hydrogen-bond acceptors (Lipinski definition) is 2. The van der Waals surface area contributed by atoms with E-state index in [1.807, 2.05) is 30.3 Å². The van der Waals surface area contributed by atoms with Gasteiger partial charge in [0.1, 0.15) is 6.10 Å².